The van der Waals surface area contributed by atoms with E-state index >= 15 is 0 Å². The molecular weight excluding hydrogens is 697 g/mol. The summed E-state index contributed by atoms with van der Waals surface area (Å²) in [6, 6.07) is 56.0. The topological polar surface area (TPSA) is 77.3 Å². The summed E-state index contributed by atoms with van der Waals surface area (Å²) in [6.07, 6.45) is 3.01. The molecule has 0 radical (unpaired) electrons. The molecule has 57 heavy (non-hydrogen) atoms. The molecule has 10 aromatic rings. The summed E-state index contributed by atoms with van der Waals surface area (Å²) in [5.74, 6) is 2.41. The van der Waals surface area contributed by atoms with Crippen LogP contribution in [0.15, 0.2) is 170 Å². The summed E-state index contributed by atoms with van der Waals surface area (Å²) in [5.41, 5.74) is 11.1. The molecule has 8 aromatic carbocycles. The van der Waals surface area contributed by atoms with Crippen molar-refractivity contribution in [3.05, 3.63) is 182 Å². The van der Waals surface area contributed by atoms with Gasteiger partial charge in [-0.2, -0.15) is 0 Å². The van der Waals surface area contributed by atoms with Crippen LogP contribution in [0.25, 0.3) is 100 Å². The predicted octanol–water partition coefficient (Wildman–Crippen LogP) is 12.2. The normalized spacial score (nSPS) is 12.9. The Morgan fingerprint density at radius 1 is 0.333 bits per heavy atom. The van der Waals surface area contributed by atoms with E-state index in [9.17, 15) is 0 Å². The Balaban J connectivity index is 1.06. The van der Waals surface area contributed by atoms with E-state index in [4.69, 9.17) is 15.0 Å². The number of rotatable bonds is 5. The molecule has 6 heteroatoms. The molecule has 0 saturated heterocycles. The fraction of sp³-hybridized carbons (Fsp3) is 0.0588. The minimum absolute atomic E-state index is 0.0892. The van der Waals surface area contributed by atoms with E-state index in [0.29, 0.717) is 23.3 Å². The molecule has 1 aliphatic rings. The van der Waals surface area contributed by atoms with E-state index in [-0.39, 0.29) is 5.41 Å². The highest BCUT2D eigenvalue weighted by Crippen LogP contribution is 2.49. The second-order valence-corrected chi connectivity index (χ2v) is 15.2. The lowest BCUT2D eigenvalue weighted by Crippen LogP contribution is -2.14. The lowest BCUT2D eigenvalue weighted by atomic mass is 9.81. The number of aromatic nitrogens is 6. The first-order valence-corrected chi connectivity index (χ1v) is 19.2. The zero-order chi connectivity index (χ0) is 38.1. The van der Waals surface area contributed by atoms with Gasteiger partial charge in [-0.25, -0.2) is 29.9 Å². The fourth-order valence-corrected chi connectivity index (χ4v) is 8.69. The Labute approximate surface area is 329 Å². The monoisotopic (exact) mass is 730 g/mol. The fourth-order valence-electron chi connectivity index (χ4n) is 8.69. The van der Waals surface area contributed by atoms with Crippen LogP contribution in [0.3, 0.4) is 0 Å². The third kappa shape index (κ3) is 5.40. The third-order valence-electron chi connectivity index (χ3n) is 11.6. The number of nitrogens with zero attached hydrogens (tertiary/aromatic N) is 6. The van der Waals surface area contributed by atoms with E-state index in [2.05, 4.69) is 162 Å². The van der Waals surface area contributed by atoms with Crippen molar-refractivity contribution in [1.29, 1.82) is 0 Å². The van der Waals surface area contributed by atoms with E-state index in [1.54, 1.807) is 0 Å². The molecule has 0 N–H and O–H groups in total. The Hall–Kier alpha value is -7.44. The average molecular weight is 731 g/mol. The van der Waals surface area contributed by atoms with Gasteiger partial charge < -0.3 is 0 Å². The lowest BCUT2D eigenvalue weighted by molar-refractivity contribution is 0.660. The van der Waals surface area contributed by atoms with Crippen LogP contribution in [0.1, 0.15) is 25.0 Å². The van der Waals surface area contributed by atoms with Crippen molar-refractivity contribution in [2.45, 2.75) is 19.3 Å². The molecule has 0 fully saturated rings. The van der Waals surface area contributed by atoms with Gasteiger partial charge in [0.15, 0.2) is 23.3 Å². The van der Waals surface area contributed by atoms with Crippen molar-refractivity contribution >= 4 is 32.3 Å². The average Bonchev–Trinajstić information content (AvgIpc) is 3.51. The standard InChI is InChI=1S/C51H34N6/c1-51(2)45-17-8-7-16-42(45)43-25-22-34(28-46(43)51)33-10-9-11-35(26-33)49-55-48(32-20-18-31(19-21-32)47-53-29-52-30-54-47)56-50(57-49)36-23-24-41-39-14-4-3-12-37(39)38-13-5-6-15-40(38)44(41)27-36/h3-30H,1-2H3. The van der Waals surface area contributed by atoms with Crippen LogP contribution >= 0.6 is 0 Å². The largest absolute Gasteiger partial charge is 0.225 e. The first-order valence-electron chi connectivity index (χ1n) is 19.2. The summed E-state index contributed by atoms with van der Waals surface area (Å²) in [4.78, 5) is 28.1. The summed E-state index contributed by atoms with van der Waals surface area (Å²) < 4.78 is 0. The zero-order valence-corrected chi connectivity index (χ0v) is 31.3. The van der Waals surface area contributed by atoms with E-state index in [1.807, 2.05) is 24.3 Å². The summed E-state index contributed by atoms with van der Waals surface area (Å²) >= 11 is 0. The summed E-state index contributed by atoms with van der Waals surface area (Å²) in [6.45, 7) is 4.64. The van der Waals surface area contributed by atoms with Gasteiger partial charge in [0, 0.05) is 27.7 Å². The van der Waals surface area contributed by atoms with Crippen LogP contribution in [-0.2, 0) is 5.41 Å². The van der Waals surface area contributed by atoms with Crippen LogP contribution in [-0.4, -0.2) is 29.9 Å². The second kappa shape index (κ2) is 12.8. The number of benzene rings is 8. The molecular formula is C51H34N6. The van der Waals surface area contributed by atoms with Crippen molar-refractivity contribution in [3.63, 3.8) is 0 Å². The molecule has 0 bridgehead atoms. The molecule has 0 amide bonds. The molecule has 0 aliphatic heterocycles. The van der Waals surface area contributed by atoms with E-state index in [1.165, 1.54) is 61.8 Å². The van der Waals surface area contributed by atoms with Gasteiger partial charge in [-0.3, -0.25) is 0 Å². The van der Waals surface area contributed by atoms with Gasteiger partial charge in [0.25, 0.3) is 0 Å². The number of hydrogen-bond donors (Lipinski definition) is 0. The van der Waals surface area contributed by atoms with Crippen molar-refractivity contribution in [2.75, 3.05) is 0 Å². The van der Waals surface area contributed by atoms with Crippen molar-refractivity contribution in [2.24, 2.45) is 0 Å². The highest BCUT2D eigenvalue weighted by molar-refractivity contribution is 6.25. The van der Waals surface area contributed by atoms with Crippen LogP contribution in [0.2, 0.25) is 0 Å². The minimum atomic E-state index is -0.0892. The quantitative estimate of drug-likeness (QED) is 0.164. The Kier molecular flexibility index (Phi) is 7.41. The number of hydrogen-bond acceptors (Lipinski definition) is 6. The van der Waals surface area contributed by atoms with Crippen molar-refractivity contribution < 1.29 is 0 Å². The molecule has 268 valence electrons. The van der Waals surface area contributed by atoms with Crippen LogP contribution in [0.4, 0.5) is 0 Å². The maximum atomic E-state index is 5.21. The summed E-state index contributed by atoms with van der Waals surface area (Å²) in [5, 5.41) is 7.26. The highest BCUT2D eigenvalue weighted by atomic mass is 15.0. The van der Waals surface area contributed by atoms with Crippen molar-refractivity contribution in [1.82, 2.24) is 29.9 Å². The van der Waals surface area contributed by atoms with E-state index in [0.717, 1.165) is 38.8 Å². The molecule has 6 nitrogen and oxygen atoms in total. The maximum Gasteiger partial charge on any atom is 0.164 e. The molecule has 11 rings (SSSR count). The predicted molar refractivity (Wildman–Crippen MR) is 230 cm³/mol. The molecule has 2 aromatic heterocycles. The number of fused-ring (bicyclic) bond motifs is 9. The maximum absolute atomic E-state index is 5.21. The van der Waals surface area contributed by atoms with Gasteiger partial charge in [-0.05, 0) is 83.9 Å². The van der Waals surface area contributed by atoms with Crippen LogP contribution in [0.5, 0.6) is 0 Å². The van der Waals surface area contributed by atoms with Gasteiger partial charge in [0.05, 0.1) is 0 Å². The van der Waals surface area contributed by atoms with Gasteiger partial charge >= 0.3 is 0 Å². The highest BCUT2D eigenvalue weighted by Gasteiger charge is 2.35. The SMILES string of the molecule is CC1(C)c2ccccc2-c2ccc(-c3cccc(-c4nc(-c5ccc(-c6ncncn6)cc5)nc(-c5ccc6c7ccccc7c7ccccc7c6c5)n4)c3)cc21. The molecule has 0 atom stereocenters. The Bertz CT molecular complexity index is 3170. The molecule has 0 unspecified atom stereocenters. The summed E-state index contributed by atoms with van der Waals surface area (Å²) in [7, 11) is 0. The smallest absolute Gasteiger partial charge is 0.164 e. The van der Waals surface area contributed by atoms with Gasteiger partial charge in [0.2, 0.25) is 0 Å². The third-order valence-corrected chi connectivity index (χ3v) is 11.6. The first-order chi connectivity index (χ1) is 28.0. The van der Waals surface area contributed by atoms with E-state index < -0.39 is 0 Å². The Morgan fingerprint density at radius 2 is 0.807 bits per heavy atom. The first kappa shape index (κ1) is 32.9. The zero-order valence-electron chi connectivity index (χ0n) is 31.3. The second-order valence-electron chi connectivity index (χ2n) is 15.2. The Morgan fingerprint density at radius 3 is 1.49 bits per heavy atom. The van der Waals surface area contributed by atoms with Gasteiger partial charge in [0.1, 0.15) is 12.7 Å². The molecule has 2 heterocycles. The van der Waals surface area contributed by atoms with Gasteiger partial charge in [-0.1, -0.05) is 153 Å². The molecule has 0 spiro atoms. The molecule has 0 saturated carbocycles. The minimum Gasteiger partial charge on any atom is -0.225 e. The molecule has 1 aliphatic carbocycles. The van der Waals surface area contributed by atoms with Crippen LogP contribution < -0.4 is 0 Å². The van der Waals surface area contributed by atoms with Crippen molar-refractivity contribution in [3.8, 4) is 67.8 Å². The van der Waals surface area contributed by atoms with Gasteiger partial charge in [-0.15, -0.1) is 0 Å². The lowest BCUT2D eigenvalue weighted by Gasteiger charge is -2.22. The van der Waals surface area contributed by atoms with Crippen LogP contribution in [0, 0.1) is 0 Å².